The van der Waals surface area contributed by atoms with Crippen LogP contribution in [0.25, 0.3) is 0 Å². The highest BCUT2D eigenvalue weighted by Gasteiger charge is 2.41. The Morgan fingerprint density at radius 2 is 0.604 bits per heavy atom. The molecular formula is C87H85N11O13. The van der Waals surface area contributed by atoms with E-state index in [-0.39, 0.29) is 142 Å². The number of hydrogen-bond acceptors (Lipinski definition) is 15. The Morgan fingerprint density at radius 1 is 0.351 bits per heavy atom. The number of carbonyl (C=O) groups excluding carboxylic acids is 5. The van der Waals surface area contributed by atoms with Crippen molar-refractivity contribution in [3.63, 3.8) is 0 Å². The quantitative estimate of drug-likeness (QED) is 0.0570. The molecule has 566 valence electrons. The predicted molar refractivity (Wildman–Crippen MR) is 421 cm³/mol. The van der Waals surface area contributed by atoms with Gasteiger partial charge in [0.1, 0.15) is 33.2 Å². The fraction of sp³-hybridized carbons (Fsp3) is 0.207. The number of carboxylic acids is 1. The average molecular weight is 1490 g/mol. The summed E-state index contributed by atoms with van der Waals surface area (Å²) in [7, 11) is 6.71. The maximum atomic E-state index is 14.0. The lowest BCUT2D eigenvalue weighted by Gasteiger charge is -2.44. The van der Waals surface area contributed by atoms with Gasteiger partial charge in [0.05, 0.1) is 24.5 Å². The number of ether oxygens (including phenoxy) is 2. The van der Waals surface area contributed by atoms with Crippen molar-refractivity contribution in [2.75, 3.05) is 82.9 Å². The molecule has 0 saturated carbocycles. The van der Waals surface area contributed by atoms with Crippen molar-refractivity contribution in [2.45, 2.75) is 50.6 Å². The van der Waals surface area contributed by atoms with Crippen LogP contribution in [0.2, 0.25) is 0 Å². The number of carboxylic acid groups (broad SMARTS) is 1. The van der Waals surface area contributed by atoms with Gasteiger partial charge in [0, 0.05) is 97.5 Å². The Bertz CT molecular complexity index is 5120. The van der Waals surface area contributed by atoms with E-state index in [9.17, 15) is 53.4 Å². The SMILES string of the molecule is CN(C)C(=O)CCN1CN(C(c2ccccc2)c2ccccc2)n2ccc(=O)c(O)c2C1=O.CN(C)C(=O)CCN1CN(C(c2ccccc2)c2ccccc2)n2ccc(=O)c(OCc3ccccc3)c2C1=O.O=C(O)CCN1CN(C(c2ccccc2)c2ccccc2)n2ccc(=O)c(OCc3ccccc3)c2C1=O. The van der Waals surface area contributed by atoms with E-state index < -0.39 is 34.4 Å². The Kier molecular flexibility index (Phi) is 24.8. The van der Waals surface area contributed by atoms with Gasteiger partial charge in [-0.2, -0.15) is 0 Å². The number of rotatable bonds is 24. The van der Waals surface area contributed by atoms with Crippen LogP contribution in [0.15, 0.2) is 294 Å². The van der Waals surface area contributed by atoms with E-state index >= 15 is 0 Å². The number of hydrogen-bond donors (Lipinski definition) is 2. The van der Waals surface area contributed by atoms with Crippen molar-refractivity contribution in [3.05, 3.63) is 372 Å². The summed E-state index contributed by atoms with van der Waals surface area (Å²) in [5.74, 6) is -3.19. The van der Waals surface area contributed by atoms with E-state index in [4.69, 9.17) is 9.47 Å². The minimum Gasteiger partial charge on any atom is -0.502 e. The molecule has 24 heteroatoms. The maximum absolute atomic E-state index is 14.0. The van der Waals surface area contributed by atoms with Gasteiger partial charge in [-0.1, -0.05) is 243 Å². The summed E-state index contributed by atoms with van der Waals surface area (Å²) in [5.41, 5.74) is 6.35. The van der Waals surface area contributed by atoms with Crippen LogP contribution < -0.4 is 40.8 Å². The maximum Gasteiger partial charge on any atom is 0.305 e. The lowest BCUT2D eigenvalue weighted by molar-refractivity contribution is -0.137. The lowest BCUT2D eigenvalue weighted by atomic mass is 9.98. The number of fused-ring (bicyclic) bond motifs is 3. The minimum absolute atomic E-state index is 0.00939. The predicted octanol–water partition coefficient (Wildman–Crippen LogP) is 10.3. The summed E-state index contributed by atoms with van der Waals surface area (Å²) in [4.78, 5) is 123. The van der Waals surface area contributed by atoms with Crippen LogP contribution in [-0.2, 0) is 27.6 Å². The molecule has 0 bridgehead atoms. The molecule has 2 N–H and O–H groups in total. The summed E-state index contributed by atoms with van der Waals surface area (Å²) >= 11 is 0. The fourth-order valence-corrected chi connectivity index (χ4v) is 13.6. The van der Waals surface area contributed by atoms with Crippen LogP contribution in [-0.4, -0.2) is 152 Å². The van der Waals surface area contributed by atoms with E-state index in [1.165, 1.54) is 44.0 Å². The molecule has 3 aromatic heterocycles. The average Bonchev–Trinajstić information content (AvgIpc) is 0.759. The van der Waals surface area contributed by atoms with Gasteiger partial charge in [0.15, 0.2) is 34.3 Å². The van der Waals surface area contributed by atoms with E-state index in [1.807, 2.05) is 258 Å². The Hall–Kier alpha value is -13.8. The van der Waals surface area contributed by atoms with Crippen LogP contribution in [0.5, 0.6) is 17.2 Å². The van der Waals surface area contributed by atoms with E-state index in [0.717, 1.165) is 44.5 Å². The lowest BCUT2D eigenvalue weighted by Crippen LogP contribution is -2.56. The first-order valence-electron chi connectivity index (χ1n) is 36.2. The number of aliphatic carboxylic acids is 1. The van der Waals surface area contributed by atoms with Crippen LogP contribution >= 0.6 is 0 Å². The molecule has 0 radical (unpaired) electrons. The molecule has 8 aromatic carbocycles. The van der Waals surface area contributed by atoms with Crippen molar-refractivity contribution >= 4 is 35.5 Å². The van der Waals surface area contributed by atoms with Crippen molar-refractivity contribution in [1.82, 2.24) is 38.5 Å². The molecule has 0 spiro atoms. The zero-order valence-electron chi connectivity index (χ0n) is 61.9. The minimum atomic E-state index is -1.01. The molecule has 0 saturated heterocycles. The molecule has 0 atom stereocenters. The van der Waals surface area contributed by atoms with Crippen molar-refractivity contribution in [2.24, 2.45) is 0 Å². The third kappa shape index (κ3) is 17.9. The second kappa shape index (κ2) is 35.8. The van der Waals surface area contributed by atoms with Crippen molar-refractivity contribution in [1.29, 1.82) is 0 Å². The number of amides is 5. The molecule has 3 aliphatic heterocycles. The van der Waals surface area contributed by atoms with Gasteiger partial charge >= 0.3 is 5.97 Å². The van der Waals surface area contributed by atoms with Gasteiger partial charge in [-0.25, -0.2) is 0 Å². The molecule has 111 heavy (non-hydrogen) atoms. The largest absolute Gasteiger partial charge is 0.502 e. The summed E-state index contributed by atoms with van der Waals surface area (Å²) < 4.78 is 17.0. The Labute approximate surface area is 641 Å². The summed E-state index contributed by atoms with van der Waals surface area (Å²) in [6.07, 6.45) is 4.79. The van der Waals surface area contributed by atoms with Crippen LogP contribution in [0.4, 0.5) is 0 Å². The number of aromatic hydroxyl groups is 1. The summed E-state index contributed by atoms with van der Waals surface area (Å²) in [6, 6.07) is 81.4. The zero-order valence-corrected chi connectivity index (χ0v) is 61.9. The first-order chi connectivity index (χ1) is 53.8. The topological polar surface area (TPSA) is 253 Å². The highest BCUT2D eigenvalue weighted by molar-refractivity contribution is 5.98. The monoisotopic (exact) mass is 1490 g/mol. The van der Waals surface area contributed by atoms with Crippen molar-refractivity contribution in [3.8, 4) is 17.2 Å². The first-order valence-corrected chi connectivity index (χ1v) is 36.2. The van der Waals surface area contributed by atoms with E-state index in [1.54, 1.807) is 59.5 Å². The normalized spacial score (nSPS) is 13.0. The van der Waals surface area contributed by atoms with E-state index in [0.29, 0.717) is 0 Å². The summed E-state index contributed by atoms with van der Waals surface area (Å²) in [5, 5.41) is 25.8. The third-order valence-corrected chi connectivity index (χ3v) is 19.2. The molecule has 24 nitrogen and oxygen atoms in total. The van der Waals surface area contributed by atoms with Gasteiger partial charge in [-0.15, -0.1) is 0 Å². The Morgan fingerprint density at radius 3 is 0.883 bits per heavy atom. The molecule has 11 aromatic rings. The number of carbonyl (C=O) groups is 6. The number of benzene rings is 8. The zero-order chi connectivity index (χ0) is 78.1. The number of aromatic nitrogens is 3. The van der Waals surface area contributed by atoms with E-state index in [2.05, 4.69) is 0 Å². The Balaban J connectivity index is 0.000000155. The molecule has 14 rings (SSSR count). The molecule has 3 aliphatic rings. The second-order valence-corrected chi connectivity index (χ2v) is 27.0. The molecule has 0 unspecified atom stereocenters. The van der Waals surface area contributed by atoms with Gasteiger partial charge < -0.3 is 44.2 Å². The van der Waals surface area contributed by atoms with Gasteiger partial charge in [-0.05, 0) is 44.5 Å². The third-order valence-electron chi connectivity index (χ3n) is 19.2. The molecule has 6 heterocycles. The number of nitrogens with zero attached hydrogens (tertiary/aromatic N) is 11. The molecular weight excluding hydrogens is 1410 g/mol. The fourth-order valence-electron chi connectivity index (χ4n) is 13.6. The van der Waals surface area contributed by atoms with Crippen molar-refractivity contribution < 1.29 is 48.5 Å². The molecule has 0 aliphatic carbocycles. The second-order valence-electron chi connectivity index (χ2n) is 27.0. The highest BCUT2D eigenvalue weighted by atomic mass is 16.5. The van der Waals surface area contributed by atoms with Gasteiger partial charge in [0.25, 0.3) is 17.7 Å². The molecule has 0 fully saturated rings. The summed E-state index contributed by atoms with van der Waals surface area (Å²) in [6.45, 7) is 1.09. The molecule has 5 amide bonds. The van der Waals surface area contributed by atoms with Crippen LogP contribution in [0.1, 0.15) is 113 Å². The van der Waals surface area contributed by atoms with Gasteiger partial charge in [0.2, 0.25) is 28.1 Å². The smallest absolute Gasteiger partial charge is 0.305 e. The highest BCUT2D eigenvalue weighted by Crippen LogP contribution is 2.37. The van der Waals surface area contributed by atoms with Crippen LogP contribution in [0.3, 0.4) is 0 Å². The standard InChI is InChI=1S/C32H32N4O4.C30H27N3O5.C25H26N4O4/c1-33(2)28(38)19-20-34-23-36(29(25-14-8-4-9-15-25)26-16-10-5-11-17-26)35-21-18-27(37)31(30(35)32(34)39)40-22-24-12-6-3-7-13-24;34-25-16-19-32-28(29(25)38-20-22-10-4-1-5-11-22)30(37)31(18-17-26(35)36)21-33(32)27(23-12-6-2-7-13-23)24-14-8-3-9-15-24;1-26(2)21(31)14-15-27-17-29(28-16-13-20(30)24(32)23(28)25(27)33)22(18-9-5-3-6-10-18)19-11-7-4-8-12-19/h3-18,21,29H,19-20,22-23H2,1-2H3;1-16,19,27H,17-18,20-21H2,(H,35,36);3-13,16,22,32H,14-15,17H2,1-2H3. The first kappa shape index (κ1) is 76.9. The van der Waals surface area contributed by atoms with Gasteiger partial charge in [-0.3, -0.25) is 72.2 Å². The van der Waals surface area contributed by atoms with Crippen LogP contribution in [0, 0.1) is 0 Å². The number of pyridine rings is 3.